The third-order valence-corrected chi connectivity index (χ3v) is 2.80. The van der Waals surface area contributed by atoms with Gasteiger partial charge in [-0.25, -0.2) is 0 Å². The number of hydrogen-bond acceptors (Lipinski definition) is 2. The van der Waals surface area contributed by atoms with E-state index in [0.717, 1.165) is 18.4 Å². The zero-order valence-electron chi connectivity index (χ0n) is 9.20. The standard InChI is InChI=1S/C12H13ClN2O2/c13-10-5-1-8(2-6-10)7-11(16)14-15-12(17)9-3-4-9/h1-2,5-6,9H,3-4,7H2,(H,14,16)(H,15,17). The molecule has 0 atom stereocenters. The molecule has 1 aliphatic rings. The van der Waals surface area contributed by atoms with Crippen LogP contribution < -0.4 is 10.9 Å². The summed E-state index contributed by atoms with van der Waals surface area (Å²) < 4.78 is 0. The highest BCUT2D eigenvalue weighted by molar-refractivity contribution is 6.30. The van der Waals surface area contributed by atoms with Gasteiger partial charge in [0.05, 0.1) is 6.42 Å². The minimum absolute atomic E-state index is 0.0887. The van der Waals surface area contributed by atoms with Crippen LogP contribution in [0.25, 0.3) is 0 Å². The molecule has 0 spiro atoms. The predicted octanol–water partition coefficient (Wildman–Crippen LogP) is 1.44. The van der Waals surface area contributed by atoms with Gasteiger partial charge in [0.15, 0.2) is 0 Å². The lowest BCUT2D eigenvalue weighted by atomic mass is 10.1. The third kappa shape index (κ3) is 3.75. The van der Waals surface area contributed by atoms with Gasteiger partial charge < -0.3 is 0 Å². The molecule has 1 saturated carbocycles. The van der Waals surface area contributed by atoms with E-state index in [9.17, 15) is 9.59 Å². The average molecular weight is 253 g/mol. The Balaban J connectivity index is 1.76. The van der Waals surface area contributed by atoms with E-state index in [4.69, 9.17) is 11.6 Å². The normalized spacial score (nSPS) is 14.2. The van der Waals surface area contributed by atoms with Crippen LogP contribution in [0, 0.1) is 5.92 Å². The Morgan fingerprint density at radius 3 is 2.41 bits per heavy atom. The van der Waals surface area contributed by atoms with Gasteiger partial charge in [-0.2, -0.15) is 0 Å². The highest BCUT2D eigenvalue weighted by Gasteiger charge is 2.29. The summed E-state index contributed by atoms with van der Waals surface area (Å²) in [6, 6.07) is 7.02. The number of amides is 2. The van der Waals surface area contributed by atoms with Crippen LogP contribution in [0.1, 0.15) is 18.4 Å². The first-order chi connectivity index (χ1) is 8.15. The first kappa shape index (κ1) is 11.9. The van der Waals surface area contributed by atoms with Crippen molar-refractivity contribution in [2.75, 3.05) is 0 Å². The molecular formula is C12H13ClN2O2. The van der Waals surface area contributed by atoms with Gasteiger partial charge in [-0.1, -0.05) is 23.7 Å². The van der Waals surface area contributed by atoms with E-state index in [1.807, 2.05) is 0 Å². The Hall–Kier alpha value is -1.55. The molecule has 1 aliphatic carbocycles. The van der Waals surface area contributed by atoms with Gasteiger partial charge in [-0.3, -0.25) is 20.4 Å². The number of halogens is 1. The molecule has 0 unspecified atom stereocenters. The number of carbonyl (C=O) groups is 2. The predicted molar refractivity (Wildman–Crippen MR) is 64.2 cm³/mol. The number of rotatable bonds is 3. The molecule has 0 heterocycles. The molecule has 1 fully saturated rings. The van der Waals surface area contributed by atoms with Crippen molar-refractivity contribution in [1.82, 2.24) is 10.9 Å². The van der Waals surface area contributed by atoms with Crippen LogP contribution >= 0.6 is 11.6 Å². The molecule has 4 nitrogen and oxygen atoms in total. The molecule has 0 aliphatic heterocycles. The fourth-order valence-corrected chi connectivity index (χ4v) is 1.54. The number of hydrazine groups is 1. The Morgan fingerprint density at radius 2 is 1.82 bits per heavy atom. The topological polar surface area (TPSA) is 58.2 Å². The molecule has 17 heavy (non-hydrogen) atoms. The molecule has 1 aromatic rings. The zero-order valence-corrected chi connectivity index (χ0v) is 9.96. The van der Waals surface area contributed by atoms with Crippen molar-refractivity contribution in [3.63, 3.8) is 0 Å². The highest BCUT2D eigenvalue weighted by Crippen LogP contribution is 2.28. The average Bonchev–Trinajstić information content (AvgIpc) is 3.13. The minimum Gasteiger partial charge on any atom is -0.273 e. The van der Waals surface area contributed by atoms with Crippen molar-refractivity contribution in [2.24, 2.45) is 5.92 Å². The summed E-state index contributed by atoms with van der Waals surface area (Å²) in [4.78, 5) is 22.7. The maximum atomic E-state index is 11.5. The number of carbonyl (C=O) groups excluding carboxylic acids is 2. The second kappa shape index (κ2) is 5.19. The Bertz CT molecular complexity index is 427. The number of hydrogen-bond donors (Lipinski definition) is 2. The quantitative estimate of drug-likeness (QED) is 0.800. The minimum atomic E-state index is -0.235. The van der Waals surface area contributed by atoms with E-state index < -0.39 is 0 Å². The van der Waals surface area contributed by atoms with Crippen molar-refractivity contribution < 1.29 is 9.59 Å². The summed E-state index contributed by atoms with van der Waals surface area (Å²) in [6.07, 6.45) is 2.06. The van der Waals surface area contributed by atoms with E-state index >= 15 is 0 Å². The molecule has 0 aromatic heterocycles. The number of benzene rings is 1. The van der Waals surface area contributed by atoms with Gasteiger partial charge in [0.1, 0.15) is 0 Å². The molecule has 0 saturated heterocycles. The van der Waals surface area contributed by atoms with Crippen LogP contribution in [0.5, 0.6) is 0 Å². The zero-order chi connectivity index (χ0) is 12.3. The monoisotopic (exact) mass is 252 g/mol. The third-order valence-electron chi connectivity index (χ3n) is 2.55. The van der Waals surface area contributed by atoms with E-state index in [-0.39, 0.29) is 24.2 Å². The summed E-state index contributed by atoms with van der Waals surface area (Å²) in [5, 5.41) is 0.635. The molecule has 0 bridgehead atoms. The molecule has 1 aromatic carbocycles. The van der Waals surface area contributed by atoms with E-state index in [1.165, 1.54) is 0 Å². The maximum absolute atomic E-state index is 11.5. The van der Waals surface area contributed by atoms with E-state index in [1.54, 1.807) is 24.3 Å². The fraction of sp³-hybridized carbons (Fsp3) is 0.333. The van der Waals surface area contributed by atoms with Crippen LogP contribution in [0.2, 0.25) is 5.02 Å². The van der Waals surface area contributed by atoms with Gasteiger partial charge in [-0.05, 0) is 30.5 Å². The summed E-state index contributed by atoms with van der Waals surface area (Å²) in [7, 11) is 0. The van der Waals surface area contributed by atoms with Crippen molar-refractivity contribution in [1.29, 1.82) is 0 Å². The molecule has 0 radical (unpaired) electrons. The Labute approximate surface area is 104 Å². The van der Waals surface area contributed by atoms with Crippen LogP contribution in [-0.4, -0.2) is 11.8 Å². The van der Waals surface area contributed by atoms with Gasteiger partial charge >= 0.3 is 0 Å². The van der Waals surface area contributed by atoms with Crippen LogP contribution in [0.3, 0.4) is 0 Å². The smallest absolute Gasteiger partial charge is 0.242 e. The molecule has 2 amide bonds. The first-order valence-corrected chi connectivity index (χ1v) is 5.86. The maximum Gasteiger partial charge on any atom is 0.242 e. The van der Waals surface area contributed by atoms with Gasteiger partial charge in [0.25, 0.3) is 0 Å². The van der Waals surface area contributed by atoms with Gasteiger partial charge in [-0.15, -0.1) is 0 Å². The van der Waals surface area contributed by atoms with Crippen LogP contribution in [-0.2, 0) is 16.0 Å². The second-order valence-corrected chi connectivity index (χ2v) is 4.55. The van der Waals surface area contributed by atoms with E-state index in [0.29, 0.717) is 5.02 Å². The largest absolute Gasteiger partial charge is 0.273 e. The van der Waals surface area contributed by atoms with Crippen LogP contribution in [0.15, 0.2) is 24.3 Å². The lowest BCUT2D eigenvalue weighted by Crippen LogP contribution is -2.43. The van der Waals surface area contributed by atoms with Crippen molar-refractivity contribution >= 4 is 23.4 Å². The molecular weight excluding hydrogens is 240 g/mol. The van der Waals surface area contributed by atoms with E-state index in [2.05, 4.69) is 10.9 Å². The summed E-state index contributed by atoms with van der Waals surface area (Å²) in [6.45, 7) is 0. The van der Waals surface area contributed by atoms with Gasteiger partial charge in [0, 0.05) is 10.9 Å². The molecule has 2 rings (SSSR count). The number of nitrogens with one attached hydrogen (secondary N) is 2. The molecule has 2 N–H and O–H groups in total. The van der Waals surface area contributed by atoms with Gasteiger partial charge in [0.2, 0.25) is 11.8 Å². The SMILES string of the molecule is O=C(Cc1ccc(Cl)cc1)NNC(=O)C1CC1. The lowest BCUT2D eigenvalue weighted by molar-refractivity contribution is -0.129. The fourth-order valence-electron chi connectivity index (χ4n) is 1.41. The molecule has 90 valence electrons. The summed E-state index contributed by atoms with van der Waals surface area (Å²) in [5.41, 5.74) is 5.66. The Morgan fingerprint density at radius 1 is 1.18 bits per heavy atom. The molecule has 5 heteroatoms. The summed E-state index contributed by atoms with van der Waals surface area (Å²) >= 11 is 5.74. The first-order valence-electron chi connectivity index (χ1n) is 5.48. The second-order valence-electron chi connectivity index (χ2n) is 4.11. The highest BCUT2D eigenvalue weighted by atomic mass is 35.5. The van der Waals surface area contributed by atoms with Crippen molar-refractivity contribution in [2.45, 2.75) is 19.3 Å². The lowest BCUT2D eigenvalue weighted by Gasteiger charge is -2.06. The van der Waals surface area contributed by atoms with Crippen molar-refractivity contribution in [3.8, 4) is 0 Å². The Kier molecular flexibility index (Phi) is 3.64. The van der Waals surface area contributed by atoms with Crippen LogP contribution in [0.4, 0.5) is 0 Å². The van der Waals surface area contributed by atoms with Crippen molar-refractivity contribution in [3.05, 3.63) is 34.9 Å². The summed E-state index contributed by atoms with van der Waals surface area (Å²) in [5.74, 6) is -0.249.